The molecule has 1 saturated heterocycles. The van der Waals surface area contributed by atoms with Gasteiger partial charge in [-0.3, -0.25) is 4.79 Å². The van der Waals surface area contributed by atoms with Gasteiger partial charge in [-0.2, -0.15) is 0 Å². The summed E-state index contributed by atoms with van der Waals surface area (Å²) in [5.74, 6) is 0.310. The minimum Gasteiger partial charge on any atom is -0.507 e. The number of phenols is 1. The molecule has 0 saturated carbocycles. The first-order valence-electron chi connectivity index (χ1n) is 8.17. The lowest BCUT2D eigenvalue weighted by Gasteiger charge is -2.26. The van der Waals surface area contributed by atoms with Crippen molar-refractivity contribution in [3.8, 4) is 11.5 Å². The molecule has 2 N–H and O–H groups in total. The van der Waals surface area contributed by atoms with Crippen molar-refractivity contribution in [3.05, 3.63) is 23.8 Å². The van der Waals surface area contributed by atoms with Crippen LogP contribution in [0.15, 0.2) is 18.2 Å². The minimum absolute atomic E-state index is 0.0379. The lowest BCUT2D eigenvalue weighted by Crippen LogP contribution is -2.37. The fourth-order valence-corrected chi connectivity index (χ4v) is 2.62. The van der Waals surface area contributed by atoms with Gasteiger partial charge in [0.05, 0.1) is 12.2 Å². The highest BCUT2D eigenvalue weighted by Gasteiger charge is 2.13. The van der Waals surface area contributed by atoms with Crippen molar-refractivity contribution in [3.63, 3.8) is 0 Å². The summed E-state index contributed by atoms with van der Waals surface area (Å²) < 4.78 is 5.43. The van der Waals surface area contributed by atoms with Crippen LogP contribution in [-0.4, -0.2) is 48.7 Å². The molecule has 1 fully saturated rings. The molecule has 5 heteroatoms. The van der Waals surface area contributed by atoms with Crippen molar-refractivity contribution in [2.45, 2.75) is 32.6 Å². The molecule has 1 aromatic rings. The fraction of sp³-hybridized carbons (Fsp3) is 0.588. The molecule has 1 amide bonds. The fourth-order valence-electron chi connectivity index (χ4n) is 2.62. The smallest absolute Gasteiger partial charge is 0.255 e. The molecule has 1 aromatic carbocycles. The maximum atomic E-state index is 12.1. The zero-order chi connectivity index (χ0) is 15.8. The van der Waals surface area contributed by atoms with E-state index in [-0.39, 0.29) is 11.7 Å². The summed E-state index contributed by atoms with van der Waals surface area (Å²) in [4.78, 5) is 14.5. The first kappa shape index (κ1) is 16.6. The molecule has 0 atom stereocenters. The number of carbonyl (C=O) groups is 1. The number of nitrogens with one attached hydrogen (secondary N) is 1. The topological polar surface area (TPSA) is 61.8 Å². The van der Waals surface area contributed by atoms with Gasteiger partial charge in [0.2, 0.25) is 0 Å². The van der Waals surface area contributed by atoms with E-state index in [9.17, 15) is 9.90 Å². The van der Waals surface area contributed by atoms with Gasteiger partial charge in [-0.25, -0.2) is 0 Å². The minimum atomic E-state index is -0.239. The molecule has 1 heterocycles. The highest BCUT2D eigenvalue weighted by atomic mass is 16.5. The van der Waals surface area contributed by atoms with Crippen molar-refractivity contribution >= 4 is 5.91 Å². The summed E-state index contributed by atoms with van der Waals surface area (Å²) in [5, 5.41) is 12.8. The van der Waals surface area contributed by atoms with E-state index in [1.807, 2.05) is 6.92 Å². The lowest BCUT2D eigenvalue weighted by atomic mass is 10.1. The molecule has 1 aliphatic rings. The van der Waals surface area contributed by atoms with E-state index in [4.69, 9.17) is 4.74 Å². The van der Waals surface area contributed by atoms with Gasteiger partial charge in [-0.15, -0.1) is 0 Å². The van der Waals surface area contributed by atoms with E-state index >= 15 is 0 Å². The first-order valence-corrected chi connectivity index (χ1v) is 8.17. The largest absolute Gasteiger partial charge is 0.507 e. The highest BCUT2D eigenvalue weighted by molar-refractivity contribution is 5.96. The zero-order valence-corrected chi connectivity index (χ0v) is 13.3. The summed E-state index contributed by atoms with van der Waals surface area (Å²) in [7, 11) is 0. The van der Waals surface area contributed by atoms with Crippen molar-refractivity contribution in [1.82, 2.24) is 10.2 Å². The Morgan fingerprint density at radius 1 is 1.32 bits per heavy atom. The Labute approximate surface area is 132 Å². The summed E-state index contributed by atoms with van der Waals surface area (Å²) in [5.41, 5.74) is 0.294. The van der Waals surface area contributed by atoms with Crippen molar-refractivity contribution in [2.24, 2.45) is 0 Å². The number of phenolic OH excluding ortho intramolecular Hbond substituents is 1. The predicted octanol–water partition coefficient (Wildman–Crippen LogP) is 2.40. The van der Waals surface area contributed by atoms with E-state index < -0.39 is 0 Å². The molecule has 122 valence electrons. The number of ether oxygens (including phenoxy) is 1. The van der Waals surface area contributed by atoms with Gasteiger partial charge in [0, 0.05) is 19.2 Å². The predicted molar refractivity (Wildman–Crippen MR) is 86.5 cm³/mol. The number of benzene rings is 1. The van der Waals surface area contributed by atoms with Gasteiger partial charge >= 0.3 is 0 Å². The van der Waals surface area contributed by atoms with Crippen LogP contribution >= 0.6 is 0 Å². The van der Waals surface area contributed by atoms with Gasteiger partial charge in [0.15, 0.2) is 0 Å². The Morgan fingerprint density at radius 2 is 2.09 bits per heavy atom. The van der Waals surface area contributed by atoms with Crippen LogP contribution in [0.1, 0.15) is 43.0 Å². The molecule has 2 rings (SSSR count). The third-order valence-electron chi connectivity index (χ3n) is 3.85. The molecule has 0 aromatic heterocycles. The first-order chi connectivity index (χ1) is 10.7. The van der Waals surface area contributed by atoms with Crippen LogP contribution in [0.25, 0.3) is 0 Å². The summed E-state index contributed by atoms with van der Waals surface area (Å²) in [6, 6.07) is 4.82. The van der Waals surface area contributed by atoms with Crippen LogP contribution in [0.4, 0.5) is 0 Å². The highest BCUT2D eigenvalue weighted by Crippen LogP contribution is 2.23. The van der Waals surface area contributed by atoms with Crippen LogP contribution in [0.2, 0.25) is 0 Å². The van der Waals surface area contributed by atoms with Crippen molar-refractivity contribution in [1.29, 1.82) is 0 Å². The normalized spacial score (nSPS) is 15.5. The Balaban J connectivity index is 1.81. The third kappa shape index (κ3) is 4.91. The number of aromatic hydroxyl groups is 1. The molecular weight excluding hydrogens is 280 g/mol. The second kappa shape index (κ2) is 8.63. The van der Waals surface area contributed by atoms with E-state index in [1.54, 1.807) is 12.1 Å². The molecule has 0 unspecified atom stereocenters. The Morgan fingerprint density at radius 3 is 2.77 bits per heavy atom. The number of likely N-dealkylation sites (tertiary alicyclic amines) is 1. The van der Waals surface area contributed by atoms with Crippen LogP contribution in [-0.2, 0) is 0 Å². The number of rotatable bonds is 7. The maximum absolute atomic E-state index is 12.1. The Bertz CT molecular complexity index is 485. The second-order valence-corrected chi connectivity index (χ2v) is 5.69. The summed E-state index contributed by atoms with van der Waals surface area (Å²) in [6.07, 6.45) is 4.70. The molecule has 0 bridgehead atoms. The number of piperidine rings is 1. The third-order valence-corrected chi connectivity index (χ3v) is 3.85. The van der Waals surface area contributed by atoms with Gasteiger partial charge in [-0.05, 0) is 44.5 Å². The number of hydrogen-bond donors (Lipinski definition) is 2. The van der Waals surface area contributed by atoms with E-state index in [0.29, 0.717) is 24.5 Å². The van der Waals surface area contributed by atoms with Gasteiger partial charge in [0.25, 0.3) is 5.91 Å². The molecular formula is C17H26N2O3. The second-order valence-electron chi connectivity index (χ2n) is 5.69. The lowest BCUT2D eigenvalue weighted by molar-refractivity contribution is 0.0944. The quantitative estimate of drug-likeness (QED) is 0.812. The average molecular weight is 306 g/mol. The number of nitrogens with zero attached hydrogens (tertiary/aromatic N) is 1. The van der Waals surface area contributed by atoms with Gasteiger partial charge in [0.1, 0.15) is 11.5 Å². The number of carbonyl (C=O) groups excluding carboxylic acids is 1. The maximum Gasteiger partial charge on any atom is 0.255 e. The van der Waals surface area contributed by atoms with E-state index in [1.165, 1.54) is 25.3 Å². The SMILES string of the molecule is CCCOc1ccc(C(=O)NCCN2CCCCC2)c(O)c1. The number of amides is 1. The molecule has 0 aliphatic carbocycles. The summed E-state index contributed by atoms with van der Waals surface area (Å²) in [6.45, 7) is 6.32. The molecule has 0 radical (unpaired) electrons. The van der Waals surface area contributed by atoms with Crippen LogP contribution in [0.5, 0.6) is 11.5 Å². The zero-order valence-electron chi connectivity index (χ0n) is 13.3. The molecule has 1 aliphatic heterocycles. The van der Waals surface area contributed by atoms with Crippen LogP contribution in [0, 0.1) is 0 Å². The Kier molecular flexibility index (Phi) is 6.52. The summed E-state index contributed by atoms with van der Waals surface area (Å²) >= 11 is 0. The molecule has 5 nitrogen and oxygen atoms in total. The van der Waals surface area contributed by atoms with Gasteiger partial charge in [-0.1, -0.05) is 13.3 Å². The van der Waals surface area contributed by atoms with Gasteiger partial charge < -0.3 is 20.1 Å². The van der Waals surface area contributed by atoms with E-state index in [2.05, 4.69) is 10.2 Å². The van der Waals surface area contributed by atoms with Crippen molar-refractivity contribution < 1.29 is 14.6 Å². The van der Waals surface area contributed by atoms with Crippen LogP contribution in [0.3, 0.4) is 0 Å². The molecule has 0 spiro atoms. The number of hydrogen-bond acceptors (Lipinski definition) is 4. The van der Waals surface area contributed by atoms with Crippen LogP contribution < -0.4 is 10.1 Å². The molecule has 22 heavy (non-hydrogen) atoms. The van der Waals surface area contributed by atoms with E-state index in [0.717, 1.165) is 26.1 Å². The standard InChI is InChI=1S/C17H26N2O3/c1-2-12-22-14-6-7-15(16(20)13-14)17(21)18-8-11-19-9-4-3-5-10-19/h6-7,13,20H,2-5,8-12H2,1H3,(H,18,21). The monoisotopic (exact) mass is 306 g/mol. The van der Waals surface area contributed by atoms with Crippen molar-refractivity contribution in [2.75, 3.05) is 32.8 Å². The Hall–Kier alpha value is -1.75. The average Bonchev–Trinajstić information content (AvgIpc) is 2.54.